The van der Waals surface area contributed by atoms with E-state index >= 15 is 0 Å². The largest absolute Gasteiger partial charge is 0.465 e. The van der Waals surface area contributed by atoms with Gasteiger partial charge in [-0.3, -0.25) is 0 Å². The van der Waals surface area contributed by atoms with Gasteiger partial charge in [0.25, 0.3) is 0 Å². The Balaban J connectivity index is 0.00000180. The second kappa shape index (κ2) is 6.26. The fraction of sp³-hybridized carbons (Fsp3) is 0.667. The van der Waals surface area contributed by atoms with Gasteiger partial charge in [0.2, 0.25) is 10.0 Å². The lowest BCUT2D eigenvalue weighted by Crippen LogP contribution is -2.50. The van der Waals surface area contributed by atoms with Crippen molar-refractivity contribution in [3.05, 3.63) is 17.6 Å². The van der Waals surface area contributed by atoms with E-state index in [2.05, 4.69) is 17.0 Å². The van der Waals surface area contributed by atoms with Crippen LogP contribution in [0.4, 0.5) is 0 Å². The molecule has 19 heavy (non-hydrogen) atoms. The zero-order chi connectivity index (χ0) is 13.3. The summed E-state index contributed by atoms with van der Waals surface area (Å²) in [5.41, 5.74) is 0. The minimum absolute atomic E-state index is 0. The van der Waals surface area contributed by atoms with Gasteiger partial charge in [0.1, 0.15) is 16.4 Å². The first-order valence-electron chi connectivity index (χ1n) is 6.20. The molecule has 0 amide bonds. The molecule has 1 saturated heterocycles. The van der Waals surface area contributed by atoms with Crippen molar-refractivity contribution in [2.45, 2.75) is 38.1 Å². The molecule has 1 aliphatic rings. The fourth-order valence-electron chi connectivity index (χ4n) is 2.28. The van der Waals surface area contributed by atoms with Crippen LogP contribution in [0.1, 0.15) is 24.9 Å². The fourth-order valence-corrected chi connectivity index (χ4v) is 3.87. The van der Waals surface area contributed by atoms with Crippen LogP contribution in [0.5, 0.6) is 0 Å². The molecule has 0 spiro atoms. The van der Waals surface area contributed by atoms with Gasteiger partial charge in [0, 0.05) is 12.6 Å². The van der Waals surface area contributed by atoms with Gasteiger partial charge in [-0.1, -0.05) is 6.92 Å². The van der Waals surface area contributed by atoms with Gasteiger partial charge < -0.3 is 9.73 Å². The maximum absolute atomic E-state index is 12.3. The predicted molar refractivity (Wildman–Crippen MR) is 76.2 cm³/mol. The van der Waals surface area contributed by atoms with Gasteiger partial charge in [-0.25, -0.2) is 13.1 Å². The van der Waals surface area contributed by atoms with Crippen molar-refractivity contribution in [1.82, 2.24) is 10.0 Å². The van der Waals surface area contributed by atoms with Crippen LogP contribution >= 0.6 is 12.4 Å². The third-order valence-electron chi connectivity index (χ3n) is 3.42. The summed E-state index contributed by atoms with van der Waals surface area (Å²) < 4.78 is 32.6. The van der Waals surface area contributed by atoms with Crippen LogP contribution in [0.25, 0.3) is 0 Å². The van der Waals surface area contributed by atoms with E-state index in [0.29, 0.717) is 24.0 Å². The number of aryl methyl sites for hydroxylation is 2. The summed E-state index contributed by atoms with van der Waals surface area (Å²) in [5, 5.41) is 3.21. The average molecular weight is 309 g/mol. The average Bonchev–Trinajstić information content (AvgIpc) is 2.62. The van der Waals surface area contributed by atoms with Gasteiger partial charge in [0.15, 0.2) is 0 Å². The van der Waals surface area contributed by atoms with Crippen molar-refractivity contribution in [2.75, 3.05) is 13.1 Å². The lowest BCUT2D eigenvalue weighted by atomic mass is 9.96. The molecule has 2 atom stereocenters. The lowest BCUT2D eigenvalue weighted by molar-refractivity contribution is 0.327. The molecule has 0 bridgehead atoms. The first-order valence-corrected chi connectivity index (χ1v) is 7.68. The Morgan fingerprint density at radius 1 is 1.42 bits per heavy atom. The summed E-state index contributed by atoms with van der Waals surface area (Å²) in [4.78, 5) is 0.248. The lowest BCUT2D eigenvalue weighted by Gasteiger charge is -2.29. The number of sulfonamides is 1. The van der Waals surface area contributed by atoms with Gasteiger partial charge >= 0.3 is 0 Å². The van der Waals surface area contributed by atoms with Crippen molar-refractivity contribution in [2.24, 2.45) is 5.92 Å². The number of furan rings is 1. The number of halogens is 1. The van der Waals surface area contributed by atoms with Gasteiger partial charge in [-0.05, 0) is 38.8 Å². The van der Waals surface area contributed by atoms with E-state index in [0.717, 1.165) is 13.0 Å². The Morgan fingerprint density at radius 2 is 2.11 bits per heavy atom. The molecule has 1 aromatic rings. The highest BCUT2D eigenvalue weighted by atomic mass is 35.5. The molecule has 110 valence electrons. The molecule has 0 aliphatic carbocycles. The van der Waals surface area contributed by atoms with Crippen molar-refractivity contribution in [1.29, 1.82) is 0 Å². The standard InChI is InChI=1S/C12H20N2O3S.ClH/c1-8-4-5-13-7-11(8)14-18(15,16)12-6-9(2)17-10(12)3;/h6,8,11,13-14H,4-5,7H2,1-3H3;1H. The minimum atomic E-state index is -3.49. The highest BCUT2D eigenvalue weighted by Crippen LogP contribution is 2.21. The number of hydrogen-bond donors (Lipinski definition) is 2. The molecule has 7 heteroatoms. The zero-order valence-electron chi connectivity index (χ0n) is 11.4. The molecule has 2 unspecified atom stereocenters. The second-order valence-electron chi connectivity index (χ2n) is 4.98. The normalized spacial score (nSPS) is 23.9. The monoisotopic (exact) mass is 308 g/mol. The van der Waals surface area contributed by atoms with Crippen LogP contribution in [0.15, 0.2) is 15.4 Å². The highest BCUT2D eigenvalue weighted by molar-refractivity contribution is 7.89. The molecule has 2 rings (SSSR count). The van der Waals surface area contributed by atoms with Crippen LogP contribution in [-0.2, 0) is 10.0 Å². The molecular formula is C12H21ClN2O3S. The Bertz CT molecular complexity index is 527. The smallest absolute Gasteiger partial charge is 0.244 e. The topological polar surface area (TPSA) is 71.3 Å². The number of piperidine rings is 1. The Labute approximate surface area is 120 Å². The van der Waals surface area contributed by atoms with Crippen LogP contribution < -0.4 is 10.0 Å². The van der Waals surface area contributed by atoms with Gasteiger partial charge in [-0.2, -0.15) is 0 Å². The van der Waals surface area contributed by atoms with E-state index in [-0.39, 0.29) is 23.3 Å². The molecule has 1 aromatic heterocycles. The Hall–Kier alpha value is -0.560. The molecule has 0 aromatic carbocycles. The third-order valence-corrected chi connectivity index (χ3v) is 5.02. The van der Waals surface area contributed by atoms with E-state index < -0.39 is 10.0 Å². The van der Waals surface area contributed by atoms with Crippen molar-refractivity contribution in [3.8, 4) is 0 Å². The summed E-state index contributed by atoms with van der Waals surface area (Å²) in [5.74, 6) is 1.40. The number of hydrogen-bond acceptors (Lipinski definition) is 4. The van der Waals surface area contributed by atoms with Crippen LogP contribution in [0.3, 0.4) is 0 Å². The van der Waals surface area contributed by atoms with Crippen molar-refractivity contribution in [3.63, 3.8) is 0 Å². The quantitative estimate of drug-likeness (QED) is 0.889. The van der Waals surface area contributed by atoms with Crippen molar-refractivity contribution < 1.29 is 12.8 Å². The van der Waals surface area contributed by atoms with Gasteiger partial charge in [0.05, 0.1) is 0 Å². The molecule has 5 nitrogen and oxygen atoms in total. The van der Waals surface area contributed by atoms with Crippen LogP contribution in [0.2, 0.25) is 0 Å². The second-order valence-corrected chi connectivity index (χ2v) is 6.66. The Kier molecular flexibility index (Phi) is 5.43. The van der Waals surface area contributed by atoms with E-state index in [1.807, 2.05) is 0 Å². The molecule has 0 radical (unpaired) electrons. The molecule has 2 heterocycles. The first kappa shape index (κ1) is 16.5. The summed E-state index contributed by atoms with van der Waals surface area (Å²) >= 11 is 0. The maximum Gasteiger partial charge on any atom is 0.244 e. The van der Waals surface area contributed by atoms with E-state index in [9.17, 15) is 8.42 Å². The third kappa shape index (κ3) is 3.72. The summed E-state index contributed by atoms with van der Waals surface area (Å²) in [7, 11) is -3.49. The van der Waals surface area contributed by atoms with Gasteiger partial charge in [-0.15, -0.1) is 12.4 Å². The van der Waals surface area contributed by atoms with Crippen LogP contribution in [-0.4, -0.2) is 27.5 Å². The SMILES string of the molecule is Cc1cc(S(=O)(=O)NC2CNCCC2C)c(C)o1.Cl. The molecular weight excluding hydrogens is 288 g/mol. The molecule has 2 N–H and O–H groups in total. The maximum atomic E-state index is 12.3. The van der Waals surface area contributed by atoms with E-state index in [1.165, 1.54) is 0 Å². The van der Waals surface area contributed by atoms with Crippen molar-refractivity contribution >= 4 is 22.4 Å². The number of rotatable bonds is 3. The predicted octanol–water partition coefficient (Wildman–Crippen LogP) is 1.59. The minimum Gasteiger partial charge on any atom is -0.465 e. The zero-order valence-corrected chi connectivity index (χ0v) is 13.0. The Morgan fingerprint density at radius 3 is 2.63 bits per heavy atom. The summed E-state index contributed by atoms with van der Waals surface area (Å²) in [6.07, 6.45) is 0.983. The van der Waals surface area contributed by atoms with Crippen LogP contribution in [0, 0.1) is 19.8 Å². The summed E-state index contributed by atoms with van der Waals surface area (Å²) in [6, 6.07) is 1.51. The molecule has 0 saturated carbocycles. The highest BCUT2D eigenvalue weighted by Gasteiger charge is 2.28. The first-order chi connectivity index (χ1) is 8.40. The number of nitrogens with one attached hydrogen (secondary N) is 2. The van der Waals surface area contributed by atoms with E-state index in [4.69, 9.17) is 4.42 Å². The van der Waals surface area contributed by atoms with E-state index in [1.54, 1.807) is 19.9 Å². The molecule has 1 fully saturated rings. The molecule has 1 aliphatic heterocycles. The summed E-state index contributed by atoms with van der Waals surface area (Å²) in [6.45, 7) is 7.11.